The van der Waals surface area contributed by atoms with Crippen molar-refractivity contribution in [3.05, 3.63) is 58.9 Å². The van der Waals surface area contributed by atoms with Gasteiger partial charge in [0, 0.05) is 50.9 Å². The van der Waals surface area contributed by atoms with Crippen molar-refractivity contribution in [1.29, 1.82) is 0 Å². The summed E-state index contributed by atoms with van der Waals surface area (Å²) in [5.74, 6) is -0.444. The van der Waals surface area contributed by atoms with Crippen molar-refractivity contribution in [3.8, 4) is 5.75 Å². The maximum atomic E-state index is 14.2. The van der Waals surface area contributed by atoms with E-state index in [1.807, 2.05) is 20.8 Å². The average Bonchev–Trinajstić information content (AvgIpc) is 3.00. The summed E-state index contributed by atoms with van der Waals surface area (Å²) in [5.41, 5.74) is 3.88. The van der Waals surface area contributed by atoms with Gasteiger partial charge in [-0.05, 0) is 55.8 Å². The molecular formula is C34H52FN3O3. The van der Waals surface area contributed by atoms with Crippen LogP contribution in [0.5, 0.6) is 5.75 Å². The van der Waals surface area contributed by atoms with Gasteiger partial charge in [-0.1, -0.05) is 71.2 Å². The maximum absolute atomic E-state index is 14.2. The fraction of sp³-hybridized carbons (Fsp3) is 0.588. The Morgan fingerprint density at radius 1 is 1.02 bits per heavy atom. The van der Waals surface area contributed by atoms with Crippen LogP contribution in [0.2, 0.25) is 0 Å². The van der Waals surface area contributed by atoms with Gasteiger partial charge in [0.1, 0.15) is 0 Å². The first-order valence-corrected chi connectivity index (χ1v) is 15.7. The van der Waals surface area contributed by atoms with Crippen LogP contribution in [-0.4, -0.2) is 60.8 Å². The number of hydrogen-bond donors (Lipinski definition) is 1. The third-order valence-electron chi connectivity index (χ3n) is 7.50. The predicted octanol–water partition coefficient (Wildman–Crippen LogP) is 7.50. The lowest BCUT2D eigenvalue weighted by atomic mass is 10.00. The number of amides is 1. The summed E-state index contributed by atoms with van der Waals surface area (Å²) in [4.78, 5) is 26.9. The van der Waals surface area contributed by atoms with Gasteiger partial charge in [-0.15, -0.1) is 0 Å². The van der Waals surface area contributed by atoms with E-state index in [0.717, 1.165) is 19.3 Å². The lowest BCUT2D eigenvalue weighted by molar-refractivity contribution is -0.129. The van der Waals surface area contributed by atoms with Gasteiger partial charge in [0.2, 0.25) is 5.91 Å². The molecule has 0 saturated carbocycles. The van der Waals surface area contributed by atoms with Crippen LogP contribution >= 0.6 is 0 Å². The number of benzene rings is 2. The maximum Gasteiger partial charge on any atom is 0.219 e. The molecule has 6 nitrogen and oxygen atoms in total. The van der Waals surface area contributed by atoms with Crippen molar-refractivity contribution in [1.82, 2.24) is 9.80 Å². The minimum absolute atomic E-state index is 0.0128. The summed E-state index contributed by atoms with van der Waals surface area (Å²) in [6.45, 7) is 15.2. The van der Waals surface area contributed by atoms with Crippen molar-refractivity contribution in [2.24, 2.45) is 0 Å². The van der Waals surface area contributed by atoms with Gasteiger partial charge in [0.15, 0.2) is 17.9 Å². The molecule has 228 valence electrons. The Balaban J connectivity index is 0.000000285. The number of nitrogens with one attached hydrogen (secondary N) is 1. The molecule has 0 aromatic heterocycles. The molecule has 0 spiro atoms. The summed E-state index contributed by atoms with van der Waals surface area (Å²) in [5, 5.41) is 3.25. The quantitative estimate of drug-likeness (QED) is 0.224. The zero-order chi connectivity index (χ0) is 30.0. The van der Waals surface area contributed by atoms with E-state index < -0.39 is 5.82 Å². The van der Waals surface area contributed by atoms with Crippen LogP contribution in [0.3, 0.4) is 0 Å². The lowest BCUT2D eigenvalue weighted by Crippen LogP contribution is -2.41. The molecule has 7 heteroatoms. The molecule has 0 radical (unpaired) electrons. The standard InChI is InChI=1S/C17H23FN2O3.C15H23N.C2H6/c1-3-8-23-17-13(11-21)9-15(10-16(17)18)19-14-4-6-20(7-5-14)12(2)22;1-2-3-4-7-11-16-12-10-14-8-5-6-9-15(14)13-16;1-2/h9-11,14,19H,3-8H2,1-2H3;5-6,8-9H,2-4,7,10-13H2,1H3;1-2H3. The van der Waals surface area contributed by atoms with E-state index in [1.54, 1.807) is 29.0 Å². The Bertz CT molecular complexity index is 1050. The second-order valence-electron chi connectivity index (χ2n) is 10.6. The predicted molar refractivity (Wildman–Crippen MR) is 167 cm³/mol. The van der Waals surface area contributed by atoms with Crippen LogP contribution in [-0.2, 0) is 17.8 Å². The van der Waals surface area contributed by atoms with Crippen LogP contribution in [0, 0.1) is 5.82 Å². The monoisotopic (exact) mass is 569 g/mol. The SMILES string of the molecule is CC.CCCCCCN1CCc2ccccc2C1.CCCOc1c(F)cc(NC2CCN(C(C)=O)CC2)cc1C=O. The number of fused-ring (bicyclic) bond motifs is 1. The van der Waals surface area contributed by atoms with E-state index in [0.29, 0.717) is 31.7 Å². The molecule has 1 amide bonds. The molecule has 41 heavy (non-hydrogen) atoms. The molecule has 2 heterocycles. The Morgan fingerprint density at radius 2 is 1.73 bits per heavy atom. The summed E-state index contributed by atoms with van der Waals surface area (Å²) in [6, 6.07) is 12.0. The molecule has 4 rings (SSSR count). The number of nitrogens with zero attached hydrogens (tertiary/aromatic N) is 2. The number of ether oxygens (including phenoxy) is 1. The second kappa shape index (κ2) is 19.2. The Morgan fingerprint density at radius 3 is 2.37 bits per heavy atom. The normalized spacial score (nSPS) is 15.0. The van der Waals surface area contributed by atoms with Crippen LogP contribution in [0.15, 0.2) is 36.4 Å². The molecular weight excluding hydrogens is 517 g/mol. The summed E-state index contributed by atoms with van der Waals surface area (Å²) in [7, 11) is 0. The molecule has 0 atom stereocenters. The van der Waals surface area contributed by atoms with Crippen molar-refractivity contribution in [2.45, 2.75) is 98.6 Å². The zero-order valence-electron chi connectivity index (χ0n) is 26.0. The topological polar surface area (TPSA) is 61.9 Å². The first-order valence-electron chi connectivity index (χ1n) is 15.7. The Kier molecular flexibility index (Phi) is 16.1. The van der Waals surface area contributed by atoms with E-state index in [2.05, 4.69) is 41.4 Å². The minimum Gasteiger partial charge on any atom is -0.490 e. The van der Waals surface area contributed by atoms with E-state index in [4.69, 9.17) is 4.74 Å². The van der Waals surface area contributed by atoms with Gasteiger partial charge in [-0.25, -0.2) is 4.39 Å². The highest BCUT2D eigenvalue weighted by molar-refractivity contribution is 5.81. The molecule has 0 bridgehead atoms. The van der Waals surface area contributed by atoms with Gasteiger partial charge < -0.3 is 15.0 Å². The van der Waals surface area contributed by atoms with Crippen molar-refractivity contribution in [3.63, 3.8) is 0 Å². The van der Waals surface area contributed by atoms with Gasteiger partial charge in [-0.2, -0.15) is 0 Å². The van der Waals surface area contributed by atoms with Gasteiger partial charge in [-0.3, -0.25) is 14.5 Å². The third kappa shape index (κ3) is 11.5. The van der Waals surface area contributed by atoms with Crippen LogP contribution in [0.25, 0.3) is 0 Å². The fourth-order valence-corrected chi connectivity index (χ4v) is 5.22. The summed E-state index contributed by atoms with van der Waals surface area (Å²) >= 11 is 0. The fourth-order valence-electron chi connectivity index (χ4n) is 5.22. The van der Waals surface area contributed by atoms with Crippen molar-refractivity contribution >= 4 is 17.9 Å². The number of carbonyl (C=O) groups excluding carboxylic acids is 2. The highest BCUT2D eigenvalue weighted by Crippen LogP contribution is 2.28. The first-order chi connectivity index (χ1) is 19.9. The number of anilines is 1. The van der Waals surface area contributed by atoms with Crippen molar-refractivity contribution < 1.29 is 18.7 Å². The van der Waals surface area contributed by atoms with E-state index >= 15 is 0 Å². The molecule has 0 unspecified atom stereocenters. The number of unbranched alkanes of at least 4 members (excludes halogenated alkanes) is 3. The molecule has 0 aliphatic carbocycles. The number of halogens is 1. The van der Waals surface area contributed by atoms with E-state index in [1.165, 1.54) is 57.8 Å². The Labute approximate surface area is 247 Å². The molecule has 1 fully saturated rings. The van der Waals surface area contributed by atoms with Crippen molar-refractivity contribution in [2.75, 3.05) is 38.1 Å². The van der Waals surface area contributed by atoms with Gasteiger partial charge in [0.25, 0.3) is 0 Å². The Hall–Kier alpha value is -2.93. The summed E-state index contributed by atoms with van der Waals surface area (Å²) in [6.07, 6.45) is 9.68. The van der Waals surface area contributed by atoms with E-state index in [-0.39, 0.29) is 23.3 Å². The zero-order valence-corrected chi connectivity index (χ0v) is 26.0. The molecule has 2 aliphatic heterocycles. The minimum atomic E-state index is -0.535. The first kappa shape index (κ1) is 34.3. The number of aldehydes is 1. The third-order valence-corrected chi connectivity index (χ3v) is 7.50. The largest absolute Gasteiger partial charge is 0.490 e. The average molecular weight is 570 g/mol. The van der Waals surface area contributed by atoms with Gasteiger partial charge in [0.05, 0.1) is 12.2 Å². The second-order valence-corrected chi connectivity index (χ2v) is 10.6. The number of likely N-dealkylation sites (tertiary alicyclic amines) is 1. The highest BCUT2D eigenvalue weighted by atomic mass is 19.1. The molecule has 2 aromatic carbocycles. The molecule has 2 aliphatic rings. The highest BCUT2D eigenvalue weighted by Gasteiger charge is 2.21. The number of rotatable bonds is 11. The molecule has 1 saturated heterocycles. The molecule has 2 aromatic rings. The van der Waals surface area contributed by atoms with Crippen LogP contribution in [0.1, 0.15) is 101 Å². The smallest absolute Gasteiger partial charge is 0.219 e. The lowest BCUT2D eigenvalue weighted by Gasteiger charge is -2.32. The van der Waals surface area contributed by atoms with Crippen LogP contribution < -0.4 is 10.1 Å². The van der Waals surface area contributed by atoms with Crippen LogP contribution in [0.4, 0.5) is 10.1 Å². The number of piperidine rings is 1. The molecule has 1 N–H and O–H groups in total. The van der Waals surface area contributed by atoms with E-state index in [9.17, 15) is 14.0 Å². The number of carbonyl (C=O) groups is 2. The number of hydrogen-bond acceptors (Lipinski definition) is 5. The van der Waals surface area contributed by atoms with Gasteiger partial charge >= 0.3 is 0 Å². The summed E-state index contributed by atoms with van der Waals surface area (Å²) < 4.78 is 19.5.